The Morgan fingerprint density at radius 1 is 1.03 bits per heavy atom. The van der Waals surface area contributed by atoms with Crippen LogP contribution in [0.4, 0.5) is 5.82 Å². The highest BCUT2D eigenvalue weighted by Crippen LogP contribution is 2.30. The molecular weight excluding hydrogens is 504 g/mol. The molecule has 0 saturated carbocycles. The second-order valence-corrected chi connectivity index (χ2v) is 8.46. The predicted octanol–water partition coefficient (Wildman–Crippen LogP) is 4.82. The molecule has 1 fully saturated rings. The van der Waals surface area contributed by atoms with Crippen LogP contribution in [0.5, 0.6) is 0 Å². The van der Waals surface area contributed by atoms with Crippen molar-refractivity contribution in [3.05, 3.63) is 64.4 Å². The zero-order valence-electron chi connectivity index (χ0n) is 18.2. The van der Waals surface area contributed by atoms with Gasteiger partial charge >= 0.3 is 0 Å². The van der Waals surface area contributed by atoms with Crippen molar-refractivity contribution in [3.8, 4) is 0 Å². The number of halogens is 4. The van der Waals surface area contributed by atoms with Gasteiger partial charge in [0.1, 0.15) is 12.1 Å². The van der Waals surface area contributed by atoms with Crippen LogP contribution in [0.2, 0.25) is 10.0 Å². The Hall–Kier alpha value is -1.83. The van der Waals surface area contributed by atoms with Crippen molar-refractivity contribution in [3.63, 3.8) is 0 Å². The molecule has 4 rings (SSSR count). The van der Waals surface area contributed by atoms with Crippen molar-refractivity contribution >= 4 is 70.6 Å². The first-order chi connectivity index (χ1) is 15.1. The summed E-state index contributed by atoms with van der Waals surface area (Å²) in [6.07, 6.45) is 2.30. The van der Waals surface area contributed by atoms with Gasteiger partial charge in [-0.05, 0) is 49.8 Å². The Balaban J connectivity index is 0.00000193. The summed E-state index contributed by atoms with van der Waals surface area (Å²) in [7, 11) is 1.89. The summed E-state index contributed by atoms with van der Waals surface area (Å²) in [6.45, 7) is 3.49. The number of para-hydroxylation sites is 1. The number of anilines is 1. The van der Waals surface area contributed by atoms with Crippen LogP contribution < -0.4 is 10.2 Å². The molecule has 1 aliphatic rings. The zero-order valence-corrected chi connectivity index (χ0v) is 21.4. The van der Waals surface area contributed by atoms with Crippen molar-refractivity contribution in [2.45, 2.75) is 12.3 Å². The minimum Gasteiger partial charge on any atom is -0.352 e. The van der Waals surface area contributed by atoms with Crippen LogP contribution >= 0.6 is 48.0 Å². The fraction of sp³-hybridized carbons (Fsp3) is 0.348. The second kappa shape index (κ2) is 12.6. The van der Waals surface area contributed by atoms with Gasteiger partial charge in [0.05, 0.1) is 21.5 Å². The Morgan fingerprint density at radius 2 is 1.76 bits per heavy atom. The van der Waals surface area contributed by atoms with E-state index in [1.165, 1.54) is 0 Å². The van der Waals surface area contributed by atoms with E-state index in [1.54, 1.807) is 12.4 Å². The van der Waals surface area contributed by atoms with Crippen molar-refractivity contribution in [1.82, 2.24) is 20.2 Å². The molecule has 0 bridgehead atoms. The van der Waals surface area contributed by atoms with Crippen LogP contribution in [-0.4, -0.2) is 60.5 Å². The fourth-order valence-electron chi connectivity index (χ4n) is 4.05. The summed E-state index contributed by atoms with van der Waals surface area (Å²) >= 11 is 12.3. The van der Waals surface area contributed by atoms with Crippen LogP contribution in [0.1, 0.15) is 17.9 Å². The summed E-state index contributed by atoms with van der Waals surface area (Å²) in [5.74, 6) is 0.795. The van der Waals surface area contributed by atoms with Gasteiger partial charge < -0.3 is 15.1 Å². The molecule has 1 saturated heterocycles. The van der Waals surface area contributed by atoms with E-state index in [-0.39, 0.29) is 36.6 Å². The van der Waals surface area contributed by atoms with E-state index < -0.39 is 0 Å². The molecule has 0 radical (unpaired) electrons. The van der Waals surface area contributed by atoms with Crippen molar-refractivity contribution in [2.75, 3.05) is 44.7 Å². The smallest absolute Gasteiger partial charge is 0.230 e. The van der Waals surface area contributed by atoms with Crippen molar-refractivity contribution in [1.29, 1.82) is 0 Å². The number of nitrogens with one attached hydrogen (secondary N) is 1. The molecule has 1 atom stereocenters. The third-order valence-electron chi connectivity index (χ3n) is 5.74. The van der Waals surface area contributed by atoms with E-state index in [0.717, 1.165) is 41.9 Å². The number of carbonyl (C=O) groups excluding carboxylic acids is 1. The fourth-order valence-corrected chi connectivity index (χ4v) is 4.36. The van der Waals surface area contributed by atoms with Crippen LogP contribution in [0.25, 0.3) is 10.9 Å². The lowest BCUT2D eigenvalue weighted by Gasteiger charge is -2.37. The highest BCUT2D eigenvalue weighted by molar-refractivity contribution is 6.42. The van der Waals surface area contributed by atoms with E-state index in [0.29, 0.717) is 29.6 Å². The SMILES string of the molecule is CNCCC(C(=O)N1CCN(c2ncnc3ccccc23)CC1)c1ccc(Cl)c(Cl)c1.Cl.Cl. The second-order valence-electron chi connectivity index (χ2n) is 7.65. The van der Waals surface area contributed by atoms with Gasteiger partial charge in [-0.3, -0.25) is 4.79 Å². The molecule has 6 nitrogen and oxygen atoms in total. The summed E-state index contributed by atoms with van der Waals surface area (Å²) in [6, 6.07) is 13.5. The number of piperazine rings is 1. The van der Waals surface area contributed by atoms with Crippen molar-refractivity contribution < 1.29 is 4.79 Å². The van der Waals surface area contributed by atoms with Gasteiger partial charge in [-0.2, -0.15) is 0 Å². The average Bonchev–Trinajstić information content (AvgIpc) is 2.81. The zero-order chi connectivity index (χ0) is 21.8. The van der Waals surface area contributed by atoms with E-state index in [9.17, 15) is 4.79 Å². The molecule has 1 amide bonds. The molecule has 1 unspecified atom stereocenters. The molecule has 33 heavy (non-hydrogen) atoms. The molecule has 1 aliphatic heterocycles. The largest absolute Gasteiger partial charge is 0.352 e. The lowest BCUT2D eigenvalue weighted by Crippen LogP contribution is -2.50. The number of aromatic nitrogens is 2. The van der Waals surface area contributed by atoms with Gasteiger partial charge in [0, 0.05) is 31.6 Å². The number of hydrogen-bond acceptors (Lipinski definition) is 5. The highest BCUT2D eigenvalue weighted by Gasteiger charge is 2.29. The third kappa shape index (κ3) is 6.19. The maximum atomic E-state index is 13.4. The maximum absolute atomic E-state index is 13.4. The summed E-state index contributed by atoms with van der Waals surface area (Å²) < 4.78 is 0. The molecule has 1 aromatic heterocycles. The normalized spacial score (nSPS) is 14.4. The Kier molecular flexibility index (Phi) is 10.5. The Labute approximate surface area is 216 Å². The molecule has 0 spiro atoms. The molecular formula is C23H27Cl4N5O. The molecule has 1 N–H and O–H groups in total. The lowest BCUT2D eigenvalue weighted by molar-refractivity contribution is -0.133. The summed E-state index contributed by atoms with van der Waals surface area (Å²) in [4.78, 5) is 26.5. The van der Waals surface area contributed by atoms with Gasteiger partial charge in [0.2, 0.25) is 5.91 Å². The van der Waals surface area contributed by atoms with E-state index in [1.807, 2.05) is 48.3 Å². The summed E-state index contributed by atoms with van der Waals surface area (Å²) in [5, 5.41) is 5.15. The molecule has 10 heteroatoms. The highest BCUT2D eigenvalue weighted by atomic mass is 35.5. The predicted molar refractivity (Wildman–Crippen MR) is 141 cm³/mol. The molecule has 178 valence electrons. The van der Waals surface area contributed by atoms with E-state index in [4.69, 9.17) is 23.2 Å². The average molecular weight is 531 g/mol. The number of benzene rings is 2. The molecule has 0 aliphatic carbocycles. The van der Waals surface area contributed by atoms with Gasteiger partial charge in [-0.25, -0.2) is 9.97 Å². The summed E-state index contributed by atoms with van der Waals surface area (Å²) in [5.41, 5.74) is 1.83. The van der Waals surface area contributed by atoms with Gasteiger partial charge in [0.25, 0.3) is 0 Å². The van der Waals surface area contributed by atoms with Crippen LogP contribution in [0.3, 0.4) is 0 Å². The standard InChI is InChI=1S/C23H25Cl2N5O.2ClH/c1-26-9-8-17(16-6-7-19(24)20(25)14-16)23(31)30-12-10-29(11-13-30)22-18-4-2-3-5-21(18)27-15-28-22;;/h2-7,14-15,17,26H,8-13H2,1H3;2*1H. The lowest BCUT2D eigenvalue weighted by atomic mass is 9.93. The van der Waals surface area contributed by atoms with Gasteiger partial charge in [-0.1, -0.05) is 41.4 Å². The Morgan fingerprint density at radius 3 is 2.45 bits per heavy atom. The third-order valence-corrected chi connectivity index (χ3v) is 6.48. The first-order valence-corrected chi connectivity index (χ1v) is 11.2. The first kappa shape index (κ1) is 27.4. The van der Waals surface area contributed by atoms with Crippen LogP contribution in [-0.2, 0) is 4.79 Å². The van der Waals surface area contributed by atoms with Crippen LogP contribution in [0.15, 0.2) is 48.8 Å². The maximum Gasteiger partial charge on any atom is 0.230 e. The molecule has 2 heterocycles. The topological polar surface area (TPSA) is 61.4 Å². The number of rotatable bonds is 6. The number of carbonyl (C=O) groups is 1. The van der Waals surface area contributed by atoms with E-state index in [2.05, 4.69) is 20.2 Å². The van der Waals surface area contributed by atoms with Gasteiger partial charge in [0.15, 0.2) is 0 Å². The molecule has 3 aromatic rings. The number of amides is 1. The van der Waals surface area contributed by atoms with Crippen molar-refractivity contribution in [2.24, 2.45) is 0 Å². The quantitative estimate of drug-likeness (QED) is 0.495. The minimum atomic E-state index is -0.256. The van der Waals surface area contributed by atoms with E-state index >= 15 is 0 Å². The Bertz CT molecular complexity index is 1070. The van der Waals surface area contributed by atoms with Crippen LogP contribution in [0, 0.1) is 0 Å². The minimum absolute atomic E-state index is 0. The number of fused-ring (bicyclic) bond motifs is 1. The first-order valence-electron chi connectivity index (χ1n) is 10.4. The molecule has 2 aromatic carbocycles. The number of nitrogens with zero attached hydrogens (tertiary/aromatic N) is 4. The number of hydrogen-bond donors (Lipinski definition) is 1. The monoisotopic (exact) mass is 529 g/mol. The van der Waals surface area contributed by atoms with Gasteiger partial charge in [-0.15, -0.1) is 24.8 Å².